The minimum absolute atomic E-state index is 1.12. The molecule has 0 N–H and O–H groups in total. The van der Waals surface area contributed by atoms with Crippen LogP contribution in [0.2, 0.25) is 39.3 Å². The summed E-state index contributed by atoms with van der Waals surface area (Å²) in [5.41, 5.74) is 4.94. The second kappa shape index (κ2) is 6.47. The zero-order valence-corrected chi connectivity index (χ0v) is 19.5. The molecular formula is C23H31NSi2. The van der Waals surface area contributed by atoms with E-state index in [1.165, 1.54) is 37.8 Å². The van der Waals surface area contributed by atoms with E-state index >= 15 is 0 Å². The first kappa shape index (κ1) is 19.1. The lowest BCUT2D eigenvalue weighted by Crippen LogP contribution is -2.41. The van der Waals surface area contributed by atoms with E-state index < -0.39 is 16.1 Å². The summed E-state index contributed by atoms with van der Waals surface area (Å²) in [4.78, 5) is 4.96. The molecule has 26 heavy (non-hydrogen) atoms. The van der Waals surface area contributed by atoms with Crippen LogP contribution in [0.3, 0.4) is 0 Å². The maximum Gasteiger partial charge on any atom is 0.0804 e. The van der Waals surface area contributed by atoms with Gasteiger partial charge in [0.05, 0.1) is 21.8 Å². The van der Waals surface area contributed by atoms with Gasteiger partial charge in [-0.3, -0.25) is 4.98 Å². The highest BCUT2D eigenvalue weighted by Crippen LogP contribution is 2.28. The summed E-state index contributed by atoms with van der Waals surface area (Å²) in [6.07, 6.45) is 2.16. The molecule has 3 rings (SSSR count). The lowest BCUT2D eigenvalue weighted by atomic mass is 10.0. The quantitative estimate of drug-likeness (QED) is 0.541. The van der Waals surface area contributed by atoms with Crippen molar-refractivity contribution in [3.8, 4) is 11.3 Å². The van der Waals surface area contributed by atoms with Gasteiger partial charge in [0, 0.05) is 17.1 Å². The lowest BCUT2D eigenvalue weighted by molar-refractivity contribution is 1.33. The number of pyridine rings is 1. The summed E-state index contributed by atoms with van der Waals surface area (Å²) in [6.45, 7) is 18.9. The Bertz CT molecular complexity index is 956. The zero-order chi connectivity index (χ0) is 19.3. The molecule has 0 fully saturated rings. The van der Waals surface area contributed by atoms with Gasteiger partial charge < -0.3 is 0 Å². The van der Waals surface area contributed by atoms with E-state index in [-0.39, 0.29) is 0 Å². The molecule has 0 aliphatic heterocycles. The van der Waals surface area contributed by atoms with Gasteiger partial charge in [0.25, 0.3) is 0 Å². The number of nitrogens with zero attached hydrogens (tertiary/aromatic N) is 1. The van der Waals surface area contributed by atoms with Gasteiger partial charge in [0.15, 0.2) is 0 Å². The molecule has 1 nitrogen and oxygen atoms in total. The summed E-state index contributed by atoms with van der Waals surface area (Å²) in [7, 11) is -2.82. The van der Waals surface area contributed by atoms with Gasteiger partial charge in [-0.1, -0.05) is 79.9 Å². The first-order chi connectivity index (χ1) is 12.0. The van der Waals surface area contributed by atoms with Crippen molar-refractivity contribution in [3.63, 3.8) is 0 Å². The molecule has 1 heterocycles. The minimum Gasteiger partial charge on any atom is -0.256 e. The fraction of sp³-hybridized carbons (Fsp3) is 0.348. The first-order valence-electron chi connectivity index (χ1n) is 9.49. The molecule has 0 saturated carbocycles. The van der Waals surface area contributed by atoms with Crippen LogP contribution in [-0.2, 0) is 0 Å². The summed E-state index contributed by atoms with van der Waals surface area (Å²) in [6, 6.07) is 13.9. The standard InChI is InChI=1S/C23H31NSi2/c1-16-11-17(2)13-18(12-16)23-20-10-9-19(25(3,4)5)14-21(20)22(15-24-23)26(6,7)8/h9-15H,1-8H3. The topological polar surface area (TPSA) is 12.9 Å². The molecule has 1 aromatic heterocycles. The van der Waals surface area contributed by atoms with E-state index in [2.05, 4.69) is 95.7 Å². The third kappa shape index (κ3) is 3.69. The van der Waals surface area contributed by atoms with Crippen LogP contribution in [-0.4, -0.2) is 21.1 Å². The molecule has 0 saturated heterocycles. The number of rotatable bonds is 3. The Hall–Kier alpha value is -1.72. The zero-order valence-electron chi connectivity index (χ0n) is 17.5. The third-order valence-electron chi connectivity index (χ3n) is 5.06. The van der Waals surface area contributed by atoms with Crippen LogP contribution in [0.15, 0.2) is 42.6 Å². The van der Waals surface area contributed by atoms with E-state index in [1.54, 1.807) is 0 Å². The molecule has 136 valence electrons. The molecule has 0 spiro atoms. The number of aryl methyl sites for hydroxylation is 2. The van der Waals surface area contributed by atoms with Gasteiger partial charge in [-0.25, -0.2) is 0 Å². The molecule has 0 aliphatic rings. The van der Waals surface area contributed by atoms with Crippen LogP contribution < -0.4 is 10.4 Å². The molecular weight excluding hydrogens is 346 g/mol. The minimum atomic E-state index is -1.47. The normalized spacial score (nSPS) is 12.6. The Morgan fingerprint density at radius 3 is 1.85 bits per heavy atom. The molecule has 0 bridgehead atoms. The average molecular weight is 378 g/mol. The van der Waals surface area contributed by atoms with Crippen LogP contribution in [0.5, 0.6) is 0 Å². The summed E-state index contributed by atoms with van der Waals surface area (Å²) in [5.74, 6) is 0. The molecule has 0 atom stereocenters. The number of hydrogen-bond acceptors (Lipinski definition) is 1. The number of aromatic nitrogens is 1. The van der Waals surface area contributed by atoms with Gasteiger partial charge in [0.2, 0.25) is 0 Å². The van der Waals surface area contributed by atoms with Crippen molar-refractivity contribution < 1.29 is 0 Å². The Kier molecular flexibility index (Phi) is 4.74. The fourth-order valence-electron chi connectivity index (χ4n) is 3.65. The van der Waals surface area contributed by atoms with Crippen molar-refractivity contribution in [2.24, 2.45) is 0 Å². The summed E-state index contributed by atoms with van der Waals surface area (Å²) in [5, 5.41) is 5.73. The SMILES string of the molecule is Cc1cc(C)cc(-c2ncc([Si](C)(C)C)c3cc([Si](C)(C)C)ccc23)c1. The predicted molar refractivity (Wildman–Crippen MR) is 123 cm³/mol. The predicted octanol–water partition coefficient (Wildman–Crippen LogP) is 5.61. The van der Waals surface area contributed by atoms with Gasteiger partial charge in [-0.15, -0.1) is 0 Å². The van der Waals surface area contributed by atoms with Crippen LogP contribution in [0, 0.1) is 13.8 Å². The molecule has 0 radical (unpaired) electrons. The average Bonchev–Trinajstić information content (AvgIpc) is 2.50. The van der Waals surface area contributed by atoms with E-state index in [9.17, 15) is 0 Å². The monoisotopic (exact) mass is 377 g/mol. The van der Waals surface area contributed by atoms with Crippen molar-refractivity contribution >= 4 is 37.3 Å². The van der Waals surface area contributed by atoms with Crippen molar-refractivity contribution in [1.29, 1.82) is 0 Å². The Morgan fingerprint density at radius 2 is 1.31 bits per heavy atom. The summed E-state index contributed by atoms with van der Waals surface area (Å²) < 4.78 is 0. The Balaban J connectivity index is 2.37. The number of hydrogen-bond donors (Lipinski definition) is 0. The van der Waals surface area contributed by atoms with Crippen molar-refractivity contribution in [2.75, 3.05) is 0 Å². The fourth-order valence-corrected chi connectivity index (χ4v) is 6.27. The summed E-state index contributed by atoms with van der Waals surface area (Å²) >= 11 is 0. The maximum absolute atomic E-state index is 4.96. The highest BCUT2D eigenvalue weighted by atomic mass is 28.3. The van der Waals surface area contributed by atoms with Crippen LogP contribution >= 0.6 is 0 Å². The van der Waals surface area contributed by atoms with Crippen LogP contribution in [0.4, 0.5) is 0 Å². The van der Waals surface area contributed by atoms with E-state index in [0.717, 1.165) is 5.69 Å². The maximum atomic E-state index is 4.96. The van der Waals surface area contributed by atoms with Gasteiger partial charge in [0.1, 0.15) is 0 Å². The Labute approximate surface area is 160 Å². The van der Waals surface area contributed by atoms with Crippen molar-refractivity contribution in [1.82, 2.24) is 4.98 Å². The largest absolute Gasteiger partial charge is 0.256 e. The van der Waals surface area contributed by atoms with Crippen molar-refractivity contribution in [3.05, 3.63) is 53.7 Å². The van der Waals surface area contributed by atoms with Gasteiger partial charge >= 0.3 is 0 Å². The van der Waals surface area contributed by atoms with E-state index in [0.29, 0.717) is 0 Å². The van der Waals surface area contributed by atoms with E-state index in [1.807, 2.05) is 0 Å². The number of fused-ring (bicyclic) bond motifs is 1. The second-order valence-electron chi connectivity index (χ2n) is 9.66. The molecule has 0 unspecified atom stereocenters. The van der Waals surface area contributed by atoms with Crippen molar-refractivity contribution in [2.45, 2.75) is 53.1 Å². The Morgan fingerprint density at radius 1 is 0.692 bits per heavy atom. The highest BCUT2D eigenvalue weighted by Gasteiger charge is 2.24. The van der Waals surface area contributed by atoms with Crippen LogP contribution in [0.25, 0.3) is 22.0 Å². The van der Waals surface area contributed by atoms with E-state index in [4.69, 9.17) is 4.98 Å². The van der Waals surface area contributed by atoms with Gasteiger partial charge in [-0.05, 0) is 36.6 Å². The molecule has 3 heteroatoms. The lowest BCUT2D eigenvalue weighted by Gasteiger charge is -2.23. The number of benzene rings is 2. The highest BCUT2D eigenvalue weighted by molar-refractivity contribution is 6.91. The molecule has 2 aromatic carbocycles. The smallest absolute Gasteiger partial charge is 0.0804 e. The second-order valence-corrected chi connectivity index (χ2v) is 19.8. The first-order valence-corrected chi connectivity index (χ1v) is 16.5. The van der Waals surface area contributed by atoms with Gasteiger partial charge in [-0.2, -0.15) is 0 Å². The third-order valence-corrected chi connectivity index (χ3v) is 9.11. The molecule has 3 aromatic rings. The molecule has 0 aliphatic carbocycles. The van der Waals surface area contributed by atoms with Crippen LogP contribution in [0.1, 0.15) is 11.1 Å². The molecule has 0 amide bonds.